The van der Waals surface area contributed by atoms with Crippen molar-refractivity contribution in [3.8, 4) is 33.8 Å². The molecule has 0 saturated carbocycles. The van der Waals surface area contributed by atoms with Crippen LogP contribution < -0.4 is 16.0 Å². The molecule has 3 aliphatic rings. The third-order valence-electron chi connectivity index (χ3n) is 16.3. The van der Waals surface area contributed by atoms with Gasteiger partial charge in [0, 0.05) is 115 Å². The van der Waals surface area contributed by atoms with Crippen LogP contribution in [0.5, 0.6) is 0 Å². The number of rotatable bonds is 17. The third kappa shape index (κ3) is 13.6. The number of aliphatic hydroxyl groups excluding tert-OH is 2. The molecule has 27 heteroatoms. The molecular formula is C68H64Cl2F3N17O5. The first kappa shape index (κ1) is 64.5. The van der Waals surface area contributed by atoms with Crippen LogP contribution in [-0.4, -0.2) is 115 Å². The van der Waals surface area contributed by atoms with Crippen molar-refractivity contribution < 1.29 is 37.8 Å². The molecular weight excluding hydrogens is 1260 g/mol. The number of anilines is 5. The lowest BCUT2D eigenvalue weighted by Crippen LogP contribution is -2.32. The predicted molar refractivity (Wildman–Crippen MR) is 354 cm³/mol. The van der Waals surface area contributed by atoms with Crippen molar-refractivity contribution >= 4 is 70.8 Å². The summed E-state index contributed by atoms with van der Waals surface area (Å²) in [6, 6.07) is 28.8. The maximum Gasteiger partial charge on any atom is 0.329 e. The summed E-state index contributed by atoms with van der Waals surface area (Å²) < 4.78 is 48.8. The number of aliphatic hydroxyl groups is 2. The van der Waals surface area contributed by atoms with E-state index in [1.165, 1.54) is 33.7 Å². The lowest BCUT2D eigenvalue weighted by atomic mass is 10.1. The average molecular weight is 1330 g/mol. The number of fused-ring (bicyclic) bond motifs is 3. The van der Waals surface area contributed by atoms with E-state index >= 15 is 0 Å². The second-order valence-corrected chi connectivity index (χ2v) is 24.2. The highest BCUT2D eigenvalue weighted by molar-refractivity contribution is 6.31. The van der Waals surface area contributed by atoms with Gasteiger partial charge in [-0.15, -0.1) is 0 Å². The molecule has 2 atom stereocenters. The zero-order chi connectivity index (χ0) is 66.9. The minimum absolute atomic E-state index is 0.0528. The number of nitrogens with zero attached hydrogens (tertiary/aromatic N) is 14. The summed E-state index contributed by atoms with van der Waals surface area (Å²) in [5, 5.41) is 30.0. The van der Waals surface area contributed by atoms with Gasteiger partial charge in [0.15, 0.2) is 11.6 Å². The molecule has 8 aromatic heterocycles. The van der Waals surface area contributed by atoms with E-state index in [0.717, 1.165) is 85.6 Å². The molecule has 3 aromatic carbocycles. The molecule has 3 aliphatic heterocycles. The Bertz CT molecular complexity index is 4710. The lowest BCUT2D eigenvalue weighted by Gasteiger charge is -2.26. The fraction of sp³-hybridized carbons (Fsp3) is 0.221. The Morgan fingerprint density at radius 1 is 0.558 bits per heavy atom. The lowest BCUT2D eigenvalue weighted by molar-refractivity contribution is 0.141. The van der Waals surface area contributed by atoms with E-state index in [9.17, 15) is 37.8 Å². The van der Waals surface area contributed by atoms with Gasteiger partial charge in [0.2, 0.25) is 17.8 Å². The van der Waals surface area contributed by atoms with Gasteiger partial charge in [-0.1, -0.05) is 47.5 Å². The topological polar surface area (TPSA) is 239 Å². The number of carbonyl (C=O) groups excluding carboxylic acids is 3. The second kappa shape index (κ2) is 27.2. The Balaban J connectivity index is 0.000000137. The minimum atomic E-state index is -0.921. The van der Waals surface area contributed by atoms with Gasteiger partial charge in [-0.25, -0.2) is 57.5 Å². The molecule has 0 aliphatic carbocycles. The van der Waals surface area contributed by atoms with E-state index in [1.807, 2.05) is 118 Å². The van der Waals surface area contributed by atoms with Crippen molar-refractivity contribution in [2.45, 2.75) is 72.0 Å². The van der Waals surface area contributed by atoms with E-state index in [-0.39, 0.29) is 48.9 Å². The summed E-state index contributed by atoms with van der Waals surface area (Å²) in [5.41, 5.74) is 10.8. The molecule has 486 valence electrons. The van der Waals surface area contributed by atoms with Crippen molar-refractivity contribution in [1.82, 2.24) is 67.4 Å². The molecule has 5 N–H and O–H groups in total. The van der Waals surface area contributed by atoms with Crippen molar-refractivity contribution in [1.29, 1.82) is 0 Å². The first-order valence-corrected chi connectivity index (χ1v) is 30.9. The maximum absolute atomic E-state index is 13.5. The SMILES string of the molecule is Cc1cnc(NC(C)C)nc1-c1cc2n(c1)C(=O)N([C@H](CO)c1cccc(Cl)c1)C2.Cc1cnc(Nc2cccn2C)nc1-c1cc2n(c1)C(=O)N(Cc1ccc(F)c(F)c1)C2.Cn1cccc1Nc1nccc(-c2cc3n(c2)C(=O)N([C@H](CO)c2ccc(F)c(Cl)c2)C3)n1. The summed E-state index contributed by atoms with van der Waals surface area (Å²) in [6.45, 7) is 8.69. The van der Waals surface area contributed by atoms with Gasteiger partial charge < -0.3 is 50.0 Å². The van der Waals surface area contributed by atoms with E-state index in [2.05, 4.69) is 45.9 Å². The van der Waals surface area contributed by atoms with Crippen LogP contribution in [0, 0.1) is 31.3 Å². The third-order valence-corrected chi connectivity index (χ3v) is 16.9. The van der Waals surface area contributed by atoms with Gasteiger partial charge in [0.1, 0.15) is 17.5 Å². The van der Waals surface area contributed by atoms with E-state index in [1.54, 1.807) is 74.3 Å². The number of benzene rings is 3. The minimum Gasteiger partial charge on any atom is -0.394 e. The number of hydrogen-bond acceptors (Lipinski definition) is 14. The Kier molecular flexibility index (Phi) is 18.4. The van der Waals surface area contributed by atoms with E-state index in [0.29, 0.717) is 59.3 Å². The smallest absolute Gasteiger partial charge is 0.329 e. The normalized spacial score (nSPS) is 13.7. The van der Waals surface area contributed by atoms with Crippen LogP contribution in [0.25, 0.3) is 33.8 Å². The highest BCUT2D eigenvalue weighted by atomic mass is 35.5. The average Bonchev–Trinajstić information content (AvgIpc) is 1.64. The fourth-order valence-corrected chi connectivity index (χ4v) is 11.9. The first-order chi connectivity index (χ1) is 45.7. The maximum atomic E-state index is 13.5. The largest absolute Gasteiger partial charge is 0.394 e. The van der Waals surface area contributed by atoms with Gasteiger partial charge in [-0.2, -0.15) is 0 Å². The van der Waals surface area contributed by atoms with Crippen LogP contribution in [-0.2, 0) is 40.3 Å². The van der Waals surface area contributed by atoms with Crippen LogP contribution >= 0.6 is 23.2 Å². The number of amides is 3. The zero-order valence-corrected chi connectivity index (χ0v) is 53.8. The predicted octanol–water partition coefficient (Wildman–Crippen LogP) is 13.2. The molecule has 11 heterocycles. The number of hydrogen-bond donors (Lipinski definition) is 5. The van der Waals surface area contributed by atoms with Gasteiger partial charge in [0.05, 0.1) is 67.0 Å². The van der Waals surface area contributed by atoms with E-state index < -0.39 is 29.5 Å². The van der Waals surface area contributed by atoms with Crippen LogP contribution in [0.3, 0.4) is 0 Å². The number of carbonyl (C=O) groups is 3. The van der Waals surface area contributed by atoms with Gasteiger partial charge in [-0.3, -0.25) is 13.7 Å². The van der Waals surface area contributed by atoms with Crippen molar-refractivity contribution in [3.05, 3.63) is 231 Å². The van der Waals surface area contributed by atoms with E-state index in [4.69, 9.17) is 23.2 Å². The molecule has 0 unspecified atom stereocenters. The van der Waals surface area contributed by atoms with Crippen molar-refractivity contribution in [3.63, 3.8) is 0 Å². The number of halogens is 5. The molecule has 0 bridgehead atoms. The fourth-order valence-electron chi connectivity index (χ4n) is 11.5. The Morgan fingerprint density at radius 2 is 1.09 bits per heavy atom. The number of aryl methyl sites for hydroxylation is 4. The highest BCUT2D eigenvalue weighted by Crippen LogP contribution is 2.37. The summed E-state index contributed by atoms with van der Waals surface area (Å²) in [6.07, 6.45) is 14.3. The second-order valence-electron chi connectivity index (χ2n) is 23.4. The van der Waals surface area contributed by atoms with Crippen LogP contribution in [0.15, 0.2) is 159 Å². The zero-order valence-electron chi connectivity index (χ0n) is 52.3. The highest BCUT2D eigenvalue weighted by Gasteiger charge is 2.36. The molecule has 22 nitrogen and oxygen atoms in total. The molecule has 0 fully saturated rings. The summed E-state index contributed by atoms with van der Waals surface area (Å²) in [5.74, 6) is 0.814. The standard InChI is InChI=1S/C23H20ClFN6O2.C23H20F2N6O.C22H24ClN5O2/c1-29-8-2-3-21(29)28-22-26-7-6-19(27-22)15-9-16-12-31(23(33)30(16)11-15)20(13-32)14-4-5-18(25)17(24)10-14;1-14-10-26-22(27-20-4-3-7-29(20)2)28-21(14)16-9-17-13-30(23(32)31(17)12-16)11-15-5-6-18(24)19(25)8-15;1-13(2)25-21-24-9-14(3)20(26-21)16-8-18-11-28(22(30)27(18)10-16)19(12-29)15-5-4-6-17(23)7-15/h2-11,20,32H,12-13H2,1H3,(H,26,27,28);3-10,12H,11,13H2,1-2H3,(H,26,27,28);4-10,13,19,29H,11-12H2,1-3H3,(H,24,25,26)/t20-;;19-/m1.1/s1. The molecule has 95 heavy (non-hydrogen) atoms. The molecule has 11 aromatic rings. The van der Waals surface area contributed by atoms with Gasteiger partial charge in [-0.05, 0) is 140 Å². The number of aromatic nitrogens is 11. The summed E-state index contributed by atoms with van der Waals surface area (Å²) in [4.78, 5) is 70.7. The van der Waals surface area contributed by atoms with Crippen LogP contribution in [0.1, 0.15) is 70.8 Å². The van der Waals surface area contributed by atoms with Crippen LogP contribution in [0.4, 0.5) is 57.0 Å². The quantitative estimate of drug-likeness (QED) is 0.0570. The molecule has 0 spiro atoms. The molecule has 3 amide bonds. The monoisotopic (exact) mass is 1330 g/mol. The van der Waals surface area contributed by atoms with Gasteiger partial charge in [0.25, 0.3) is 0 Å². The summed E-state index contributed by atoms with van der Waals surface area (Å²) in [7, 11) is 3.84. The summed E-state index contributed by atoms with van der Waals surface area (Å²) >= 11 is 12.0. The van der Waals surface area contributed by atoms with Crippen molar-refractivity contribution in [2.75, 3.05) is 29.2 Å². The first-order valence-electron chi connectivity index (χ1n) is 30.2. The Labute approximate surface area is 553 Å². The number of nitrogens with one attached hydrogen (secondary N) is 3. The Morgan fingerprint density at radius 3 is 1.63 bits per heavy atom. The van der Waals surface area contributed by atoms with Crippen LogP contribution in [0.2, 0.25) is 10.0 Å². The Hall–Kier alpha value is -10.6. The molecule has 0 saturated heterocycles. The molecule has 14 rings (SSSR count). The van der Waals surface area contributed by atoms with Crippen molar-refractivity contribution in [2.24, 2.45) is 14.1 Å². The molecule has 0 radical (unpaired) electrons. The van der Waals surface area contributed by atoms with Gasteiger partial charge >= 0.3 is 18.1 Å².